The van der Waals surface area contributed by atoms with Crippen LogP contribution in [0.15, 0.2) is 0 Å². The van der Waals surface area contributed by atoms with Gasteiger partial charge in [-0.3, -0.25) is 0 Å². The molecule has 6 atom stereocenters. The lowest BCUT2D eigenvalue weighted by atomic mass is 9.66. The van der Waals surface area contributed by atoms with E-state index in [0.717, 1.165) is 25.5 Å². The average Bonchev–Trinajstić information content (AvgIpc) is 2.61. The van der Waals surface area contributed by atoms with Crippen molar-refractivity contribution in [1.82, 2.24) is 0 Å². The van der Waals surface area contributed by atoms with Crippen molar-refractivity contribution in [2.75, 3.05) is 5.75 Å². The van der Waals surface area contributed by atoms with Crippen molar-refractivity contribution in [3.05, 3.63) is 0 Å². The second-order valence-electron chi connectivity index (χ2n) is 7.84. The van der Waals surface area contributed by atoms with Crippen molar-refractivity contribution in [3.8, 4) is 0 Å². The molecule has 134 valence electrons. The van der Waals surface area contributed by atoms with E-state index in [4.69, 9.17) is 0 Å². The number of fused-ring (bicyclic) bond motifs is 1. The third kappa shape index (κ3) is 3.51. The maximum Gasteiger partial charge on any atom is 0.154 e. The standard InChI is InChI=1S/C18H32O4S/c1-4-6-9-18(5-2)12-23(21,22)16-8-7-14(11-19)10-15(16)13(3)17(18)20/h11,13-17,20H,4-10,12H2,1-3H3/t13-,14?,15?,16?,17-,18-/m1/s1. The minimum atomic E-state index is -3.24. The topological polar surface area (TPSA) is 71.4 Å². The number of hydrogen-bond acceptors (Lipinski definition) is 4. The van der Waals surface area contributed by atoms with Crippen LogP contribution in [0.4, 0.5) is 0 Å². The lowest BCUT2D eigenvalue weighted by molar-refractivity contribution is -0.113. The van der Waals surface area contributed by atoms with Gasteiger partial charge in [0.1, 0.15) is 6.29 Å². The first-order chi connectivity index (χ1) is 10.8. The van der Waals surface area contributed by atoms with Gasteiger partial charge in [0.2, 0.25) is 0 Å². The van der Waals surface area contributed by atoms with Crippen LogP contribution in [0.25, 0.3) is 0 Å². The summed E-state index contributed by atoms with van der Waals surface area (Å²) >= 11 is 0. The third-order valence-corrected chi connectivity index (χ3v) is 9.04. The molecule has 1 heterocycles. The number of aldehydes is 1. The van der Waals surface area contributed by atoms with Gasteiger partial charge in [-0.1, -0.05) is 33.6 Å². The molecule has 0 aromatic carbocycles. The van der Waals surface area contributed by atoms with Crippen molar-refractivity contribution < 1.29 is 18.3 Å². The normalized spacial score (nSPS) is 43.4. The Hall–Kier alpha value is -0.420. The van der Waals surface area contributed by atoms with Crippen molar-refractivity contribution in [2.24, 2.45) is 23.2 Å². The maximum atomic E-state index is 13.1. The average molecular weight is 345 g/mol. The molecule has 3 unspecified atom stereocenters. The Morgan fingerprint density at radius 1 is 1.26 bits per heavy atom. The third-order valence-electron chi connectivity index (χ3n) is 6.55. The maximum absolute atomic E-state index is 13.1. The van der Waals surface area contributed by atoms with Crippen LogP contribution in [0.1, 0.15) is 65.7 Å². The number of rotatable bonds is 5. The minimum Gasteiger partial charge on any atom is -0.392 e. The molecule has 2 aliphatic rings. The molecule has 23 heavy (non-hydrogen) atoms. The fourth-order valence-corrected chi connectivity index (χ4v) is 7.88. The molecule has 1 saturated heterocycles. The van der Waals surface area contributed by atoms with Crippen LogP contribution < -0.4 is 0 Å². The number of aliphatic hydroxyl groups is 1. The molecule has 0 spiro atoms. The van der Waals surface area contributed by atoms with E-state index in [1.54, 1.807) is 0 Å². The summed E-state index contributed by atoms with van der Waals surface area (Å²) in [4.78, 5) is 11.2. The molecule has 2 fully saturated rings. The van der Waals surface area contributed by atoms with Crippen molar-refractivity contribution in [1.29, 1.82) is 0 Å². The highest BCUT2D eigenvalue weighted by Gasteiger charge is 2.53. The molecule has 1 aliphatic heterocycles. The second-order valence-corrected chi connectivity index (χ2v) is 10.1. The number of sulfone groups is 1. The quantitative estimate of drug-likeness (QED) is 0.778. The molecule has 2 rings (SSSR count). The van der Waals surface area contributed by atoms with Crippen LogP contribution in [0.2, 0.25) is 0 Å². The summed E-state index contributed by atoms with van der Waals surface area (Å²) < 4.78 is 26.1. The first-order valence-electron chi connectivity index (χ1n) is 9.16. The zero-order chi connectivity index (χ0) is 17.3. The smallest absolute Gasteiger partial charge is 0.154 e. The Bertz CT molecular complexity index is 515. The minimum absolute atomic E-state index is 0.0501. The van der Waals surface area contributed by atoms with Gasteiger partial charge in [0, 0.05) is 11.3 Å². The Balaban J connectivity index is 2.41. The molecule has 0 aromatic heterocycles. The van der Waals surface area contributed by atoms with Crippen LogP contribution >= 0.6 is 0 Å². The predicted molar refractivity (Wildman–Crippen MR) is 91.9 cm³/mol. The predicted octanol–water partition coefficient (Wildman–Crippen LogP) is 2.98. The van der Waals surface area contributed by atoms with Gasteiger partial charge >= 0.3 is 0 Å². The highest BCUT2D eigenvalue weighted by Crippen LogP contribution is 2.49. The van der Waals surface area contributed by atoms with Gasteiger partial charge in [-0.25, -0.2) is 8.42 Å². The van der Waals surface area contributed by atoms with E-state index in [0.29, 0.717) is 25.7 Å². The number of carbonyl (C=O) groups is 1. The first-order valence-corrected chi connectivity index (χ1v) is 10.9. The van der Waals surface area contributed by atoms with Crippen LogP contribution in [0, 0.1) is 23.2 Å². The van der Waals surface area contributed by atoms with E-state index in [1.165, 1.54) is 0 Å². The van der Waals surface area contributed by atoms with Crippen molar-refractivity contribution >= 4 is 16.1 Å². The van der Waals surface area contributed by atoms with E-state index >= 15 is 0 Å². The van der Waals surface area contributed by atoms with Gasteiger partial charge in [-0.2, -0.15) is 0 Å². The summed E-state index contributed by atoms with van der Waals surface area (Å²) in [7, 11) is -3.24. The molecule has 4 nitrogen and oxygen atoms in total. The highest BCUT2D eigenvalue weighted by molar-refractivity contribution is 7.92. The Labute approximate surface area is 141 Å². The fraction of sp³-hybridized carbons (Fsp3) is 0.944. The SMILES string of the molecule is CCCC[C@]1(CC)CS(=O)(=O)C2CCC(C=O)CC2[C@@H](C)[C@H]1O. The molecule has 1 N–H and O–H groups in total. The van der Waals surface area contributed by atoms with E-state index in [2.05, 4.69) is 6.92 Å². The van der Waals surface area contributed by atoms with Crippen LogP contribution in [-0.4, -0.2) is 36.9 Å². The lowest BCUT2D eigenvalue weighted by Crippen LogP contribution is -2.43. The summed E-state index contributed by atoms with van der Waals surface area (Å²) in [5.41, 5.74) is -0.526. The number of carbonyl (C=O) groups excluding carboxylic acids is 1. The molecule has 1 saturated carbocycles. The lowest BCUT2D eigenvalue weighted by Gasteiger charge is -2.40. The molecular formula is C18H32O4S. The molecular weight excluding hydrogens is 312 g/mol. The molecule has 1 aliphatic carbocycles. The van der Waals surface area contributed by atoms with E-state index in [-0.39, 0.29) is 28.8 Å². The summed E-state index contributed by atoms with van der Waals surface area (Å²) in [6, 6.07) is 0. The Morgan fingerprint density at radius 3 is 2.52 bits per heavy atom. The molecule has 0 amide bonds. The zero-order valence-corrected chi connectivity index (χ0v) is 15.5. The number of hydrogen-bond donors (Lipinski definition) is 1. The van der Waals surface area contributed by atoms with E-state index in [1.807, 2.05) is 13.8 Å². The Kier molecular flexibility index (Phi) is 5.94. The summed E-state index contributed by atoms with van der Waals surface area (Å²) in [5.74, 6) is -0.105. The van der Waals surface area contributed by atoms with Crippen LogP contribution in [0.3, 0.4) is 0 Å². The second kappa shape index (κ2) is 7.22. The van der Waals surface area contributed by atoms with Crippen molar-refractivity contribution in [3.63, 3.8) is 0 Å². The molecule has 0 aromatic rings. The van der Waals surface area contributed by atoms with Crippen LogP contribution in [0.5, 0.6) is 0 Å². The van der Waals surface area contributed by atoms with Gasteiger partial charge < -0.3 is 9.90 Å². The highest BCUT2D eigenvalue weighted by atomic mass is 32.2. The Morgan fingerprint density at radius 2 is 1.96 bits per heavy atom. The summed E-state index contributed by atoms with van der Waals surface area (Å²) in [5, 5.41) is 10.7. The number of aliphatic hydroxyl groups excluding tert-OH is 1. The molecule has 0 radical (unpaired) electrons. The van der Waals surface area contributed by atoms with E-state index < -0.39 is 21.4 Å². The van der Waals surface area contributed by atoms with Crippen LogP contribution in [-0.2, 0) is 14.6 Å². The van der Waals surface area contributed by atoms with Gasteiger partial charge in [0.25, 0.3) is 0 Å². The number of unbranched alkanes of at least 4 members (excludes halogenated alkanes) is 1. The first kappa shape index (κ1) is 18.9. The summed E-state index contributed by atoms with van der Waals surface area (Å²) in [6.07, 6.45) is 5.62. The van der Waals surface area contributed by atoms with E-state index in [9.17, 15) is 18.3 Å². The largest absolute Gasteiger partial charge is 0.392 e. The van der Waals surface area contributed by atoms with Gasteiger partial charge in [-0.05, 0) is 43.9 Å². The van der Waals surface area contributed by atoms with Gasteiger partial charge in [0.15, 0.2) is 9.84 Å². The van der Waals surface area contributed by atoms with Gasteiger partial charge in [-0.15, -0.1) is 0 Å². The summed E-state index contributed by atoms with van der Waals surface area (Å²) in [6.45, 7) is 6.09. The van der Waals surface area contributed by atoms with Gasteiger partial charge in [0.05, 0.1) is 17.1 Å². The zero-order valence-electron chi connectivity index (χ0n) is 14.7. The monoisotopic (exact) mass is 344 g/mol. The van der Waals surface area contributed by atoms with Crippen molar-refractivity contribution in [2.45, 2.75) is 77.1 Å². The molecule has 0 bridgehead atoms. The molecule has 5 heteroatoms. The fourth-order valence-electron chi connectivity index (χ4n) is 4.96.